The molecular formula is C7H5B2NO2. The van der Waals surface area contributed by atoms with Crippen LogP contribution in [0.1, 0.15) is 5.56 Å². The summed E-state index contributed by atoms with van der Waals surface area (Å²) in [6, 6.07) is 4.51. The number of hydrogen-bond acceptors (Lipinski definition) is 2. The average Bonchev–Trinajstić information content (AvgIpc) is 2.03. The van der Waals surface area contributed by atoms with Gasteiger partial charge in [-0.2, -0.15) is 0 Å². The van der Waals surface area contributed by atoms with Crippen molar-refractivity contribution in [3.63, 3.8) is 0 Å². The first-order valence-electron chi connectivity index (χ1n) is 3.38. The van der Waals surface area contributed by atoms with Gasteiger partial charge in [0.1, 0.15) is 7.85 Å². The summed E-state index contributed by atoms with van der Waals surface area (Å²) in [5, 5.41) is 10.4. The van der Waals surface area contributed by atoms with E-state index in [1.807, 2.05) is 0 Å². The standard InChI is InChI=1S/C7H5B2NO2/c8-4-5-6(9)2-1-3-7(5)10(11)12/h1-3H,4H2. The predicted octanol–water partition coefficient (Wildman–Crippen LogP) is 0.0571. The smallest absolute Gasteiger partial charge is 0.258 e. The van der Waals surface area contributed by atoms with Gasteiger partial charge in [-0.15, -0.1) is 0 Å². The van der Waals surface area contributed by atoms with Crippen molar-refractivity contribution in [1.82, 2.24) is 0 Å². The largest absolute Gasteiger partial charge is 0.271 e. The molecule has 0 aliphatic rings. The highest BCUT2D eigenvalue weighted by atomic mass is 16.6. The van der Waals surface area contributed by atoms with Crippen LogP contribution in [-0.4, -0.2) is 20.6 Å². The molecule has 1 aromatic carbocycles. The van der Waals surface area contributed by atoms with Gasteiger partial charge in [-0.1, -0.05) is 23.9 Å². The maximum Gasteiger partial charge on any atom is 0.271 e. The third kappa shape index (κ3) is 1.49. The molecular weight excluding hydrogens is 152 g/mol. The van der Waals surface area contributed by atoms with Gasteiger partial charge in [0.15, 0.2) is 0 Å². The molecule has 0 aliphatic carbocycles. The van der Waals surface area contributed by atoms with E-state index in [2.05, 4.69) is 0 Å². The van der Waals surface area contributed by atoms with Crippen molar-refractivity contribution in [1.29, 1.82) is 0 Å². The number of nitro groups is 1. The number of nitrogens with zero attached hydrogens (tertiary/aromatic N) is 1. The first kappa shape index (κ1) is 8.84. The summed E-state index contributed by atoms with van der Waals surface area (Å²) in [4.78, 5) is 9.94. The maximum absolute atomic E-state index is 10.4. The Kier molecular flexibility index (Phi) is 2.53. The Bertz CT molecular complexity index is 314. The van der Waals surface area contributed by atoms with E-state index in [0.717, 1.165) is 0 Å². The molecule has 0 aliphatic heterocycles. The first-order chi connectivity index (χ1) is 5.66. The summed E-state index contributed by atoms with van der Waals surface area (Å²) in [6.07, 6.45) is 0.0863. The van der Waals surface area contributed by atoms with Crippen molar-refractivity contribution in [2.45, 2.75) is 6.32 Å². The fourth-order valence-electron chi connectivity index (χ4n) is 0.985. The Morgan fingerprint density at radius 2 is 2.17 bits per heavy atom. The highest BCUT2D eigenvalue weighted by Crippen LogP contribution is 2.14. The van der Waals surface area contributed by atoms with Gasteiger partial charge in [0.25, 0.3) is 5.69 Å². The molecule has 0 saturated heterocycles. The fraction of sp³-hybridized carbons (Fsp3) is 0.143. The molecule has 0 heterocycles. The van der Waals surface area contributed by atoms with Crippen LogP contribution in [0.2, 0.25) is 0 Å². The summed E-state index contributed by atoms with van der Waals surface area (Å²) in [5.41, 5.74) is 0.742. The van der Waals surface area contributed by atoms with Gasteiger partial charge in [0, 0.05) is 11.6 Å². The molecule has 12 heavy (non-hydrogen) atoms. The van der Waals surface area contributed by atoms with E-state index >= 15 is 0 Å². The highest BCUT2D eigenvalue weighted by Gasteiger charge is 2.11. The summed E-state index contributed by atoms with van der Waals surface area (Å²) in [5.74, 6) is 0. The second kappa shape index (κ2) is 3.43. The zero-order chi connectivity index (χ0) is 9.14. The van der Waals surface area contributed by atoms with Crippen LogP contribution in [0.25, 0.3) is 0 Å². The Morgan fingerprint density at radius 3 is 2.58 bits per heavy atom. The fourth-order valence-corrected chi connectivity index (χ4v) is 0.985. The Labute approximate surface area is 72.8 Å². The topological polar surface area (TPSA) is 43.1 Å². The zero-order valence-corrected chi connectivity index (χ0v) is 6.36. The molecule has 4 radical (unpaired) electrons. The zero-order valence-electron chi connectivity index (χ0n) is 6.36. The predicted molar refractivity (Wildman–Crippen MR) is 47.9 cm³/mol. The third-order valence-corrected chi connectivity index (χ3v) is 1.59. The lowest BCUT2D eigenvalue weighted by atomic mass is 9.83. The van der Waals surface area contributed by atoms with Gasteiger partial charge < -0.3 is 0 Å². The van der Waals surface area contributed by atoms with Crippen LogP contribution in [0.4, 0.5) is 5.69 Å². The van der Waals surface area contributed by atoms with Gasteiger partial charge in [-0.3, -0.25) is 10.1 Å². The molecule has 0 fully saturated rings. The van der Waals surface area contributed by atoms with Crippen LogP contribution in [0.5, 0.6) is 0 Å². The van der Waals surface area contributed by atoms with Crippen molar-refractivity contribution >= 4 is 26.8 Å². The lowest BCUT2D eigenvalue weighted by Crippen LogP contribution is -2.12. The van der Waals surface area contributed by atoms with Crippen molar-refractivity contribution in [2.24, 2.45) is 0 Å². The summed E-state index contributed by atoms with van der Waals surface area (Å²) in [6.45, 7) is 0. The summed E-state index contributed by atoms with van der Waals surface area (Å²) >= 11 is 0. The van der Waals surface area contributed by atoms with Crippen molar-refractivity contribution in [3.8, 4) is 0 Å². The Morgan fingerprint density at radius 1 is 1.50 bits per heavy atom. The van der Waals surface area contributed by atoms with Crippen LogP contribution in [-0.2, 0) is 6.32 Å². The van der Waals surface area contributed by atoms with Gasteiger partial charge in [0.2, 0.25) is 0 Å². The molecule has 1 rings (SSSR count). The minimum Gasteiger partial charge on any atom is -0.258 e. The van der Waals surface area contributed by atoms with Crippen molar-refractivity contribution < 1.29 is 4.92 Å². The van der Waals surface area contributed by atoms with Gasteiger partial charge in [-0.25, -0.2) is 0 Å². The molecule has 0 bridgehead atoms. The molecule has 0 spiro atoms. The average molecular weight is 157 g/mol. The molecule has 3 nitrogen and oxygen atoms in total. The van der Waals surface area contributed by atoms with E-state index in [0.29, 0.717) is 11.0 Å². The lowest BCUT2D eigenvalue weighted by molar-refractivity contribution is -0.385. The molecule has 0 aromatic heterocycles. The minimum absolute atomic E-state index is 0.0162. The Hall–Kier alpha value is -1.25. The van der Waals surface area contributed by atoms with Crippen LogP contribution >= 0.6 is 0 Å². The lowest BCUT2D eigenvalue weighted by Gasteiger charge is -2.02. The first-order valence-corrected chi connectivity index (χ1v) is 3.38. The van der Waals surface area contributed by atoms with Crippen LogP contribution in [0.3, 0.4) is 0 Å². The van der Waals surface area contributed by atoms with E-state index in [1.54, 1.807) is 6.07 Å². The molecule has 0 saturated carbocycles. The molecule has 0 amide bonds. The molecule has 5 heteroatoms. The van der Waals surface area contributed by atoms with E-state index in [1.165, 1.54) is 12.1 Å². The molecule has 1 aromatic rings. The van der Waals surface area contributed by atoms with E-state index in [9.17, 15) is 10.1 Å². The van der Waals surface area contributed by atoms with E-state index in [4.69, 9.17) is 15.7 Å². The molecule has 0 atom stereocenters. The van der Waals surface area contributed by atoms with Gasteiger partial charge in [-0.05, 0) is 0 Å². The number of rotatable bonds is 2. The van der Waals surface area contributed by atoms with Gasteiger partial charge in [0.05, 0.1) is 12.8 Å². The Balaban J connectivity index is 3.27. The third-order valence-electron chi connectivity index (χ3n) is 1.59. The maximum atomic E-state index is 10.4. The van der Waals surface area contributed by atoms with E-state index in [-0.39, 0.29) is 12.0 Å². The quantitative estimate of drug-likeness (QED) is 0.345. The van der Waals surface area contributed by atoms with E-state index < -0.39 is 4.92 Å². The summed E-state index contributed by atoms with van der Waals surface area (Å²) in [7, 11) is 10.8. The molecule has 0 unspecified atom stereocenters. The molecule has 56 valence electrons. The van der Waals surface area contributed by atoms with Crippen LogP contribution in [0.15, 0.2) is 18.2 Å². The van der Waals surface area contributed by atoms with Crippen LogP contribution < -0.4 is 5.46 Å². The van der Waals surface area contributed by atoms with Gasteiger partial charge >= 0.3 is 0 Å². The van der Waals surface area contributed by atoms with Crippen LogP contribution in [0, 0.1) is 10.1 Å². The number of hydrogen-bond donors (Lipinski definition) is 0. The monoisotopic (exact) mass is 157 g/mol. The normalized spacial score (nSPS) is 9.67. The second-order valence-corrected chi connectivity index (χ2v) is 2.31. The summed E-state index contributed by atoms with van der Waals surface area (Å²) < 4.78 is 0. The SMILES string of the molecule is [B]Cc1c([B])cccc1[N+](=O)[O-]. The van der Waals surface area contributed by atoms with Crippen molar-refractivity contribution in [2.75, 3.05) is 0 Å². The minimum atomic E-state index is -0.488. The molecule has 0 N–H and O–H groups in total. The number of benzene rings is 1. The number of nitro benzene ring substituents is 1. The van der Waals surface area contributed by atoms with Crippen molar-refractivity contribution in [3.05, 3.63) is 33.9 Å². The second-order valence-electron chi connectivity index (χ2n) is 2.31. The highest BCUT2D eigenvalue weighted by molar-refractivity contribution is 6.34.